The summed E-state index contributed by atoms with van der Waals surface area (Å²) in [5.74, 6) is -0.146. The van der Waals surface area contributed by atoms with Crippen molar-refractivity contribution in [3.8, 4) is 0 Å². The third-order valence-corrected chi connectivity index (χ3v) is 4.25. The van der Waals surface area contributed by atoms with Gasteiger partial charge in [0.25, 0.3) is 5.91 Å². The minimum absolute atomic E-state index is 0.146. The van der Waals surface area contributed by atoms with E-state index in [2.05, 4.69) is 37.2 Å². The number of aryl methyl sites for hydroxylation is 1. The van der Waals surface area contributed by atoms with Gasteiger partial charge in [-0.2, -0.15) is 0 Å². The molecule has 0 fully saturated rings. The van der Waals surface area contributed by atoms with Gasteiger partial charge in [-0.05, 0) is 64.8 Å². The maximum Gasteiger partial charge on any atom is 0.255 e. The van der Waals surface area contributed by atoms with Gasteiger partial charge >= 0.3 is 0 Å². The van der Waals surface area contributed by atoms with Gasteiger partial charge in [0, 0.05) is 25.9 Å². The molecule has 19 heavy (non-hydrogen) atoms. The highest BCUT2D eigenvalue weighted by Gasteiger charge is 2.08. The van der Waals surface area contributed by atoms with Crippen molar-refractivity contribution in [1.29, 1.82) is 0 Å². The van der Waals surface area contributed by atoms with E-state index in [9.17, 15) is 4.79 Å². The summed E-state index contributed by atoms with van der Waals surface area (Å²) in [6.07, 6.45) is 0. The molecule has 2 aromatic carbocycles. The molecule has 0 unspecified atom stereocenters. The first-order valence-corrected chi connectivity index (χ1v) is 7.18. The predicted octanol–water partition coefficient (Wildman–Crippen LogP) is 4.35. The number of rotatable bonds is 2. The Kier molecular flexibility index (Phi) is 4.27. The van der Waals surface area contributed by atoms with E-state index in [1.807, 2.05) is 19.1 Å². The van der Waals surface area contributed by atoms with Crippen LogP contribution in [-0.4, -0.2) is 5.91 Å². The molecule has 0 atom stereocenters. The number of anilines is 2. The Morgan fingerprint density at radius 1 is 1.11 bits per heavy atom. The molecule has 0 heterocycles. The molecule has 0 aliphatic carbocycles. The number of hydrogen-bond donors (Lipinski definition) is 2. The maximum absolute atomic E-state index is 12.1. The zero-order valence-electron chi connectivity index (χ0n) is 10.2. The van der Waals surface area contributed by atoms with Gasteiger partial charge in [0.15, 0.2) is 0 Å². The normalized spacial score (nSPS) is 10.3. The lowest BCUT2D eigenvalue weighted by Crippen LogP contribution is -2.12. The largest absolute Gasteiger partial charge is 0.398 e. The molecule has 3 N–H and O–H groups in total. The summed E-state index contributed by atoms with van der Waals surface area (Å²) in [4.78, 5) is 12.1. The number of amides is 1. The minimum atomic E-state index is -0.146. The van der Waals surface area contributed by atoms with Crippen molar-refractivity contribution in [2.75, 3.05) is 11.1 Å². The summed E-state index contributed by atoms with van der Waals surface area (Å²) in [6, 6.07) is 10.8. The van der Waals surface area contributed by atoms with Crippen LogP contribution in [0.25, 0.3) is 0 Å². The highest BCUT2D eigenvalue weighted by molar-refractivity contribution is 9.10. The summed E-state index contributed by atoms with van der Waals surface area (Å²) < 4.78 is 1.75. The summed E-state index contributed by atoms with van der Waals surface area (Å²) in [6.45, 7) is 1.95. The Morgan fingerprint density at radius 2 is 1.84 bits per heavy atom. The van der Waals surface area contributed by atoms with Gasteiger partial charge in [0.05, 0.1) is 0 Å². The Hall–Kier alpha value is -1.33. The summed E-state index contributed by atoms with van der Waals surface area (Å²) in [5, 5.41) is 2.83. The topological polar surface area (TPSA) is 55.1 Å². The molecule has 2 aromatic rings. The van der Waals surface area contributed by atoms with E-state index in [1.54, 1.807) is 24.3 Å². The summed E-state index contributed by atoms with van der Waals surface area (Å²) >= 11 is 6.74. The number of carbonyl (C=O) groups excluding carboxylic acids is 1. The zero-order valence-corrected chi connectivity index (χ0v) is 13.4. The van der Waals surface area contributed by atoms with Gasteiger partial charge in [0.2, 0.25) is 0 Å². The Labute approximate surface area is 128 Å². The fourth-order valence-electron chi connectivity index (χ4n) is 1.59. The van der Waals surface area contributed by atoms with Crippen molar-refractivity contribution in [1.82, 2.24) is 0 Å². The van der Waals surface area contributed by atoms with Gasteiger partial charge < -0.3 is 11.1 Å². The van der Waals surface area contributed by atoms with E-state index < -0.39 is 0 Å². The SMILES string of the molecule is Cc1cc(C(=O)Nc2ccc(N)c(Br)c2)ccc1Br. The lowest BCUT2D eigenvalue weighted by Gasteiger charge is -2.08. The van der Waals surface area contributed by atoms with E-state index in [-0.39, 0.29) is 5.91 Å². The number of halogens is 2. The number of nitrogens with one attached hydrogen (secondary N) is 1. The molecule has 98 valence electrons. The third kappa shape index (κ3) is 3.36. The first-order chi connectivity index (χ1) is 8.97. The van der Waals surface area contributed by atoms with Gasteiger partial charge in [0.1, 0.15) is 0 Å². The van der Waals surface area contributed by atoms with E-state index in [0.29, 0.717) is 16.9 Å². The van der Waals surface area contributed by atoms with Crippen LogP contribution in [0.3, 0.4) is 0 Å². The molecule has 1 amide bonds. The van der Waals surface area contributed by atoms with E-state index in [0.717, 1.165) is 14.5 Å². The van der Waals surface area contributed by atoms with Crippen LogP contribution in [0.1, 0.15) is 15.9 Å². The van der Waals surface area contributed by atoms with Crippen LogP contribution < -0.4 is 11.1 Å². The second-order valence-corrected chi connectivity index (χ2v) is 5.86. The average Bonchev–Trinajstić information content (AvgIpc) is 2.37. The smallest absolute Gasteiger partial charge is 0.255 e. The molecular weight excluding hydrogens is 372 g/mol. The number of benzene rings is 2. The zero-order chi connectivity index (χ0) is 14.0. The van der Waals surface area contributed by atoms with Crippen molar-refractivity contribution in [2.45, 2.75) is 6.92 Å². The van der Waals surface area contributed by atoms with E-state index in [1.165, 1.54) is 0 Å². The van der Waals surface area contributed by atoms with Crippen LogP contribution in [0, 0.1) is 6.92 Å². The molecule has 0 aliphatic rings. The number of nitrogen functional groups attached to an aromatic ring is 1. The van der Waals surface area contributed by atoms with Crippen LogP contribution in [0.4, 0.5) is 11.4 Å². The quantitative estimate of drug-likeness (QED) is 0.757. The first kappa shape index (κ1) is 14.1. The van der Waals surface area contributed by atoms with Crippen molar-refractivity contribution >= 4 is 49.1 Å². The van der Waals surface area contributed by atoms with Gasteiger partial charge in [-0.1, -0.05) is 15.9 Å². The molecule has 0 aromatic heterocycles. The van der Waals surface area contributed by atoms with Crippen LogP contribution in [0.2, 0.25) is 0 Å². The molecule has 5 heteroatoms. The number of hydrogen-bond acceptors (Lipinski definition) is 2. The molecule has 0 radical (unpaired) electrons. The summed E-state index contributed by atoms with van der Waals surface area (Å²) in [5.41, 5.74) is 8.68. The molecule has 2 rings (SSSR count). The fraction of sp³-hybridized carbons (Fsp3) is 0.0714. The van der Waals surface area contributed by atoms with E-state index in [4.69, 9.17) is 5.73 Å². The third-order valence-electron chi connectivity index (χ3n) is 2.68. The van der Waals surface area contributed by atoms with Crippen LogP contribution in [0.15, 0.2) is 45.3 Å². The molecule has 3 nitrogen and oxygen atoms in total. The van der Waals surface area contributed by atoms with Crippen molar-refractivity contribution in [3.63, 3.8) is 0 Å². The molecular formula is C14H12Br2N2O. The highest BCUT2D eigenvalue weighted by Crippen LogP contribution is 2.24. The Bertz CT molecular complexity index is 641. The summed E-state index contributed by atoms with van der Waals surface area (Å²) in [7, 11) is 0. The van der Waals surface area contributed by atoms with Gasteiger partial charge in [-0.15, -0.1) is 0 Å². The monoisotopic (exact) mass is 382 g/mol. The predicted molar refractivity (Wildman–Crippen MR) is 85.4 cm³/mol. The van der Waals surface area contributed by atoms with Gasteiger partial charge in [-0.25, -0.2) is 0 Å². The number of carbonyl (C=O) groups is 1. The Morgan fingerprint density at radius 3 is 2.47 bits per heavy atom. The standard InChI is InChI=1S/C14H12Br2N2O/c1-8-6-9(2-4-11(8)15)14(19)18-10-3-5-13(17)12(16)7-10/h2-7H,17H2,1H3,(H,18,19). The van der Waals surface area contributed by atoms with Crippen LogP contribution >= 0.6 is 31.9 Å². The van der Waals surface area contributed by atoms with Crippen LogP contribution in [-0.2, 0) is 0 Å². The number of nitrogens with two attached hydrogens (primary N) is 1. The minimum Gasteiger partial charge on any atom is -0.398 e. The highest BCUT2D eigenvalue weighted by atomic mass is 79.9. The fourth-order valence-corrected chi connectivity index (χ4v) is 2.22. The van der Waals surface area contributed by atoms with Crippen LogP contribution in [0.5, 0.6) is 0 Å². The van der Waals surface area contributed by atoms with Crippen molar-refractivity contribution in [2.24, 2.45) is 0 Å². The first-order valence-electron chi connectivity index (χ1n) is 5.60. The molecule has 0 spiro atoms. The lowest BCUT2D eigenvalue weighted by molar-refractivity contribution is 0.102. The second kappa shape index (κ2) is 5.75. The second-order valence-electron chi connectivity index (χ2n) is 4.15. The molecule has 0 bridgehead atoms. The van der Waals surface area contributed by atoms with E-state index >= 15 is 0 Å². The van der Waals surface area contributed by atoms with Crippen molar-refractivity contribution in [3.05, 3.63) is 56.5 Å². The molecule has 0 aliphatic heterocycles. The lowest BCUT2D eigenvalue weighted by atomic mass is 10.1. The Balaban J connectivity index is 2.20. The van der Waals surface area contributed by atoms with Crippen molar-refractivity contribution < 1.29 is 4.79 Å². The molecule has 0 saturated carbocycles. The maximum atomic E-state index is 12.1. The molecule has 0 saturated heterocycles. The van der Waals surface area contributed by atoms with Gasteiger partial charge in [-0.3, -0.25) is 4.79 Å². The average molecular weight is 384 g/mol.